The summed E-state index contributed by atoms with van der Waals surface area (Å²) in [6.07, 6.45) is 3.25. The van der Waals surface area contributed by atoms with Gasteiger partial charge in [-0.05, 0) is 38.6 Å². The van der Waals surface area contributed by atoms with Crippen LogP contribution in [0.2, 0.25) is 0 Å². The summed E-state index contributed by atoms with van der Waals surface area (Å²) in [5.41, 5.74) is 0.370. The molecule has 0 N–H and O–H groups in total. The molecule has 0 atom stereocenters. The second-order valence-electron chi connectivity index (χ2n) is 4.49. The van der Waals surface area contributed by atoms with Gasteiger partial charge in [0.25, 0.3) is 0 Å². The highest BCUT2D eigenvalue weighted by Crippen LogP contribution is 2.49. The van der Waals surface area contributed by atoms with E-state index in [2.05, 4.69) is 31.7 Å². The van der Waals surface area contributed by atoms with E-state index in [-0.39, 0.29) is 0 Å². The minimum absolute atomic E-state index is 0.370. The number of nitriles is 1. The Hall–Kier alpha value is -0.550. The molecule has 0 bridgehead atoms. The van der Waals surface area contributed by atoms with Gasteiger partial charge >= 0.3 is 0 Å². The van der Waals surface area contributed by atoms with E-state index in [9.17, 15) is 0 Å². The summed E-state index contributed by atoms with van der Waals surface area (Å²) in [4.78, 5) is 2.46. The van der Waals surface area contributed by atoms with Crippen LogP contribution in [0.3, 0.4) is 0 Å². The summed E-state index contributed by atoms with van der Waals surface area (Å²) in [5.74, 6) is 0. The molecule has 0 aromatic rings. The quantitative estimate of drug-likeness (QED) is 0.649. The Morgan fingerprint density at radius 2 is 2.08 bits per heavy atom. The fraction of sp³-hybridized carbons (Fsp3) is 0.909. The van der Waals surface area contributed by atoms with Crippen LogP contribution in [-0.2, 0) is 0 Å². The zero-order chi connectivity index (χ0) is 9.90. The van der Waals surface area contributed by atoms with Gasteiger partial charge in [0, 0.05) is 19.0 Å². The van der Waals surface area contributed by atoms with Gasteiger partial charge < -0.3 is 4.90 Å². The Labute approximate surface area is 81.5 Å². The van der Waals surface area contributed by atoms with Crippen LogP contribution in [0.4, 0.5) is 0 Å². The molecular formula is C11H20N2. The van der Waals surface area contributed by atoms with E-state index in [4.69, 9.17) is 5.26 Å². The van der Waals surface area contributed by atoms with Gasteiger partial charge in [0.1, 0.15) is 0 Å². The van der Waals surface area contributed by atoms with Crippen LogP contribution in [0.15, 0.2) is 0 Å². The number of rotatable bonds is 5. The van der Waals surface area contributed by atoms with Crippen LogP contribution in [0.1, 0.15) is 40.0 Å². The van der Waals surface area contributed by atoms with Crippen LogP contribution in [0, 0.1) is 16.7 Å². The van der Waals surface area contributed by atoms with E-state index in [1.54, 1.807) is 0 Å². The molecule has 0 radical (unpaired) electrons. The maximum Gasteiger partial charge on any atom is 0.0628 e. The molecule has 74 valence electrons. The van der Waals surface area contributed by atoms with E-state index < -0.39 is 0 Å². The van der Waals surface area contributed by atoms with Crippen molar-refractivity contribution in [2.75, 3.05) is 13.1 Å². The van der Waals surface area contributed by atoms with Gasteiger partial charge in [-0.25, -0.2) is 0 Å². The lowest BCUT2D eigenvalue weighted by atomic mass is 10.0. The minimum atomic E-state index is 0.370. The zero-order valence-corrected chi connectivity index (χ0v) is 9.01. The van der Waals surface area contributed by atoms with Crippen LogP contribution < -0.4 is 0 Å². The van der Waals surface area contributed by atoms with Crippen LogP contribution in [0.25, 0.3) is 0 Å². The lowest BCUT2D eigenvalue weighted by Gasteiger charge is -2.28. The average molecular weight is 180 g/mol. The molecule has 1 fully saturated rings. The molecule has 0 amide bonds. The molecule has 1 rings (SSSR count). The van der Waals surface area contributed by atoms with E-state index in [1.165, 1.54) is 12.8 Å². The summed E-state index contributed by atoms with van der Waals surface area (Å²) in [5, 5.41) is 8.70. The summed E-state index contributed by atoms with van der Waals surface area (Å²) in [7, 11) is 0. The minimum Gasteiger partial charge on any atom is -0.301 e. The van der Waals surface area contributed by atoms with E-state index >= 15 is 0 Å². The first-order valence-electron chi connectivity index (χ1n) is 5.24. The third-order valence-electron chi connectivity index (χ3n) is 3.09. The predicted molar refractivity (Wildman–Crippen MR) is 54.3 cm³/mol. The van der Waals surface area contributed by atoms with E-state index in [1.807, 2.05) is 0 Å². The second kappa shape index (κ2) is 4.11. The maximum atomic E-state index is 8.70. The fourth-order valence-electron chi connectivity index (χ4n) is 1.83. The van der Waals surface area contributed by atoms with Crippen molar-refractivity contribution in [1.29, 1.82) is 5.26 Å². The normalized spacial score (nSPS) is 19.1. The van der Waals surface area contributed by atoms with E-state index in [0.29, 0.717) is 11.5 Å². The molecule has 1 aliphatic carbocycles. The molecule has 1 saturated carbocycles. The number of hydrogen-bond acceptors (Lipinski definition) is 2. The first-order chi connectivity index (χ1) is 6.13. The number of hydrogen-bond donors (Lipinski definition) is 0. The van der Waals surface area contributed by atoms with Gasteiger partial charge in [-0.2, -0.15) is 5.26 Å². The fourth-order valence-corrected chi connectivity index (χ4v) is 1.83. The standard InChI is InChI=1S/C11H20N2/c1-4-13(10(2)3)9-11(5-6-11)7-8-12/h10H,4-7,9H2,1-3H3. The molecule has 0 spiro atoms. The Morgan fingerprint density at radius 3 is 2.38 bits per heavy atom. The first-order valence-corrected chi connectivity index (χ1v) is 5.24. The Kier molecular flexibility index (Phi) is 3.33. The third kappa shape index (κ3) is 2.70. The molecule has 0 aliphatic heterocycles. The summed E-state index contributed by atoms with van der Waals surface area (Å²) < 4.78 is 0. The third-order valence-corrected chi connectivity index (χ3v) is 3.09. The summed E-state index contributed by atoms with van der Waals surface area (Å²) >= 11 is 0. The zero-order valence-electron chi connectivity index (χ0n) is 9.01. The summed E-state index contributed by atoms with van der Waals surface area (Å²) in [6.45, 7) is 8.87. The average Bonchev–Trinajstić information content (AvgIpc) is 2.82. The highest BCUT2D eigenvalue weighted by atomic mass is 15.2. The maximum absolute atomic E-state index is 8.70. The predicted octanol–water partition coefficient (Wildman–Crippen LogP) is 2.41. The van der Waals surface area contributed by atoms with Gasteiger partial charge in [0.2, 0.25) is 0 Å². The van der Waals surface area contributed by atoms with Crippen molar-refractivity contribution in [1.82, 2.24) is 4.90 Å². The van der Waals surface area contributed by atoms with Crippen molar-refractivity contribution in [3.8, 4) is 6.07 Å². The van der Waals surface area contributed by atoms with Crippen LogP contribution >= 0.6 is 0 Å². The van der Waals surface area contributed by atoms with Crippen molar-refractivity contribution in [2.24, 2.45) is 5.41 Å². The molecule has 0 unspecified atom stereocenters. The van der Waals surface area contributed by atoms with Gasteiger partial charge in [-0.1, -0.05) is 6.92 Å². The van der Waals surface area contributed by atoms with Gasteiger partial charge in [0.05, 0.1) is 6.07 Å². The Bertz CT molecular complexity index is 199. The van der Waals surface area contributed by atoms with E-state index in [0.717, 1.165) is 19.5 Å². The highest BCUT2D eigenvalue weighted by Gasteiger charge is 2.43. The molecule has 0 saturated heterocycles. The molecule has 2 nitrogen and oxygen atoms in total. The van der Waals surface area contributed by atoms with Crippen LogP contribution in [-0.4, -0.2) is 24.0 Å². The largest absolute Gasteiger partial charge is 0.301 e. The molecule has 2 heteroatoms. The molecule has 0 aromatic carbocycles. The van der Waals surface area contributed by atoms with Crippen LogP contribution in [0.5, 0.6) is 0 Å². The summed E-state index contributed by atoms with van der Waals surface area (Å²) in [6, 6.07) is 2.92. The van der Waals surface area contributed by atoms with Crippen molar-refractivity contribution in [3.63, 3.8) is 0 Å². The Morgan fingerprint density at radius 1 is 1.46 bits per heavy atom. The molecule has 0 aromatic heterocycles. The van der Waals surface area contributed by atoms with Crippen molar-refractivity contribution >= 4 is 0 Å². The molecule has 0 heterocycles. The SMILES string of the molecule is CCN(CC1(CC#N)CC1)C(C)C. The highest BCUT2D eigenvalue weighted by molar-refractivity contribution is 5.01. The smallest absolute Gasteiger partial charge is 0.0628 e. The van der Waals surface area contributed by atoms with Crippen molar-refractivity contribution in [3.05, 3.63) is 0 Å². The number of nitrogens with zero attached hydrogens (tertiary/aromatic N) is 2. The second-order valence-corrected chi connectivity index (χ2v) is 4.49. The first kappa shape index (κ1) is 10.5. The van der Waals surface area contributed by atoms with Gasteiger partial charge in [-0.3, -0.25) is 0 Å². The molecular weight excluding hydrogens is 160 g/mol. The lowest BCUT2D eigenvalue weighted by Crippen LogP contribution is -2.35. The topological polar surface area (TPSA) is 27.0 Å². The lowest BCUT2D eigenvalue weighted by molar-refractivity contribution is 0.188. The molecule has 1 aliphatic rings. The molecule has 13 heavy (non-hydrogen) atoms. The van der Waals surface area contributed by atoms with Crippen molar-refractivity contribution < 1.29 is 0 Å². The monoisotopic (exact) mass is 180 g/mol. The Balaban J connectivity index is 2.42. The van der Waals surface area contributed by atoms with Gasteiger partial charge in [0.15, 0.2) is 0 Å². The van der Waals surface area contributed by atoms with Gasteiger partial charge in [-0.15, -0.1) is 0 Å². The van der Waals surface area contributed by atoms with Crippen molar-refractivity contribution in [2.45, 2.75) is 46.1 Å².